The maximum Gasteiger partial charge on any atom is 0.293 e. The number of benzene rings is 1. The molecule has 0 saturated heterocycles. The van der Waals surface area contributed by atoms with Crippen LogP contribution in [0.1, 0.15) is 24.8 Å². The number of amides is 1. The summed E-state index contributed by atoms with van der Waals surface area (Å²) in [5.41, 5.74) is 1.21. The Morgan fingerprint density at radius 3 is 2.78 bits per heavy atom. The van der Waals surface area contributed by atoms with Gasteiger partial charge in [0.15, 0.2) is 5.82 Å². The number of aryl methyl sites for hydroxylation is 2. The molecule has 142 valence electrons. The van der Waals surface area contributed by atoms with Crippen molar-refractivity contribution >= 4 is 39.2 Å². The minimum absolute atomic E-state index is 0.156. The second-order valence-electron chi connectivity index (χ2n) is 6.32. The summed E-state index contributed by atoms with van der Waals surface area (Å²) in [6.07, 6.45) is 1.98. The second-order valence-corrected chi connectivity index (χ2v) is 7.39. The van der Waals surface area contributed by atoms with Crippen LogP contribution < -0.4 is 15.8 Å². The Morgan fingerprint density at radius 2 is 2.04 bits per heavy atom. The van der Waals surface area contributed by atoms with Crippen molar-refractivity contribution in [1.29, 1.82) is 0 Å². The molecule has 0 saturated carbocycles. The molecule has 0 atom stereocenters. The first-order valence-electron chi connectivity index (χ1n) is 8.78. The third kappa shape index (κ3) is 4.30. The Bertz CT molecular complexity index is 1010. The van der Waals surface area contributed by atoms with Crippen molar-refractivity contribution in [2.75, 3.05) is 24.3 Å². The number of hydrogen-bond donors (Lipinski definition) is 1. The molecule has 1 amide bonds. The number of aromatic nitrogens is 4. The van der Waals surface area contributed by atoms with Crippen LogP contribution in [0.4, 0.5) is 10.9 Å². The topological polar surface area (TPSA) is 93.0 Å². The molecule has 3 rings (SSSR count). The van der Waals surface area contributed by atoms with Gasteiger partial charge < -0.3 is 14.8 Å². The highest BCUT2D eigenvalue weighted by Crippen LogP contribution is 2.17. The van der Waals surface area contributed by atoms with E-state index in [1.54, 1.807) is 23.6 Å². The molecule has 0 unspecified atom stereocenters. The lowest BCUT2D eigenvalue weighted by atomic mass is 10.2. The summed E-state index contributed by atoms with van der Waals surface area (Å²) < 4.78 is 1.60. The molecule has 0 aliphatic carbocycles. The molecule has 1 aromatic carbocycles. The number of hydrogen-bond acceptors (Lipinski definition) is 7. The molecule has 0 fully saturated rings. The highest BCUT2D eigenvalue weighted by Gasteiger charge is 2.14. The average Bonchev–Trinajstić information content (AvgIpc) is 3.07. The predicted octanol–water partition coefficient (Wildman–Crippen LogP) is 2.30. The Kier molecular flexibility index (Phi) is 5.80. The summed E-state index contributed by atoms with van der Waals surface area (Å²) >= 11 is 1.38. The second kappa shape index (κ2) is 8.26. The molecule has 2 aromatic heterocycles. The van der Waals surface area contributed by atoms with Crippen LogP contribution in [0.3, 0.4) is 0 Å². The molecule has 27 heavy (non-hydrogen) atoms. The maximum atomic E-state index is 12.8. The van der Waals surface area contributed by atoms with Crippen molar-refractivity contribution in [2.45, 2.75) is 32.7 Å². The lowest BCUT2D eigenvalue weighted by Crippen LogP contribution is -2.30. The van der Waals surface area contributed by atoms with E-state index in [9.17, 15) is 9.59 Å². The van der Waals surface area contributed by atoms with Crippen LogP contribution in [0.2, 0.25) is 0 Å². The third-order valence-corrected chi connectivity index (χ3v) is 4.90. The van der Waals surface area contributed by atoms with Gasteiger partial charge in [-0.25, -0.2) is 4.98 Å². The largest absolute Gasteiger partial charge is 0.358 e. The van der Waals surface area contributed by atoms with Crippen LogP contribution in [0.15, 0.2) is 29.1 Å². The van der Waals surface area contributed by atoms with E-state index >= 15 is 0 Å². The molecular weight excluding hydrogens is 364 g/mol. The van der Waals surface area contributed by atoms with Crippen LogP contribution in [-0.4, -0.2) is 39.8 Å². The first-order chi connectivity index (χ1) is 13.0. The van der Waals surface area contributed by atoms with E-state index in [0.29, 0.717) is 16.5 Å². The Labute approximate surface area is 160 Å². The van der Waals surface area contributed by atoms with E-state index in [4.69, 9.17) is 0 Å². The number of carbonyl (C=O) groups excluding carboxylic acids is 1. The lowest BCUT2D eigenvalue weighted by Gasteiger charge is -2.15. The van der Waals surface area contributed by atoms with Gasteiger partial charge in [-0.3, -0.25) is 9.59 Å². The van der Waals surface area contributed by atoms with Gasteiger partial charge in [-0.1, -0.05) is 30.4 Å². The zero-order valence-electron chi connectivity index (χ0n) is 15.6. The molecule has 0 radical (unpaired) electrons. The predicted molar refractivity (Wildman–Crippen MR) is 107 cm³/mol. The highest BCUT2D eigenvalue weighted by atomic mass is 32.1. The number of fused-ring (bicyclic) bond motifs is 1. The molecule has 0 aliphatic heterocycles. The highest BCUT2D eigenvalue weighted by molar-refractivity contribution is 7.15. The summed E-state index contributed by atoms with van der Waals surface area (Å²) in [6, 6.07) is 7.42. The molecule has 0 aliphatic rings. The van der Waals surface area contributed by atoms with E-state index in [0.717, 1.165) is 23.4 Å². The number of carbonyl (C=O) groups is 1. The van der Waals surface area contributed by atoms with Gasteiger partial charge in [-0.2, -0.15) is 0 Å². The van der Waals surface area contributed by atoms with Crippen LogP contribution in [0.25, 0.3) is 11.0 Å². The maximum absolute atomic E-state index is 12.8. The molecule has 0 bridgehead atoms. The van der Waals surface area contributed by atoms with Gasteiger partial charge in [0.25, 0.3) is 5.56 Å². The van der Waals surface area contributed by atoms with Gasteiger partial charge >= 0.3 is 0 Å². The van der Waals surface area contributed by atoms with E-state index in [1.807, 2.05) is 24.3 Å². The fourth-order valence-electron chi connectivity index (χ4n) is 2.71. The van der Waals surface area contributed by atoms with Crippen molar-refractivity contribution in [3.05, 3.63) is 39.6 Å². The Morgan fingerprint density at radius 1 is 1.26 bits per heavy atom. The fourth-order valence-corrected chi connectivity index (χ4v) is 3.56. The van der Waals surface area contributed by atoms with Crippen LogP contribution in [-0.2, 0) is 17.8 Å². The molecule has 8 nitrogen and oxygen atoms in total. The summed E-state index contributed by atoms with van der Waals surface area (Å²) in [6.45, 7) is 2.33. The van der Waals surface area contributed by atoms with Crippen LogP contribution in [0.5, 0.6) is 0 Å². The molecular formula is C18H22N6O2S. The zero-order valence-corrected chi connectivity index (χ0v) is 16.4. The number of para-hydroxylation sites is 2. The van der Waals surface area contributed by atoms with Gasteiger partial charge in [-0.15, -0.1) is 10.2 Å². The first kappa shape index (κ1) is 19.0. The number of nitrogens with one attached hydrogen (secondary N) is 1. The first-order valence-corrected chi connectivity index (χ1v) is 9.60. The van der Waals surface area contributed by atoms with Crippen molar-refractivity contribution in [3.63, 3.8) is 0 Å². The number of rotatable bonds is 7. The van der Waals surface area contributed by atoms with Crippen molar-refractivity contribution in [1.82, 2.24) is 19.7 Å². The van der Waals surface area contributed by atoms with Gasteiger partial charge in [-0.05, 0) is 18.6 Å². The molecule has 2 heterocycles. The number of anilines is 2. The minimum Gasteiger partial charge on any atom is -0.358 e. The van der Waals surface area contributed by atoms with E-state index in [1.165, 1.54) is 11.3 Å². The van der Waals surface area contributed by atoms with Crippen molar-refractivity contribution < 1.29 is 4.79 Å². The van der Waals surface area contributed by atoms with Gasteiger partial charge in [0.05, 0.1) is 11.0 Å². The Hall–Kier alpha value is -2.81. The zero-order chi connectivity index (χ0) is 19.4. The average molecular weight is 386 g/mol. The normalized spacial score (nSPS) is 10.9. The quantitative estimate of drug-likeness (QED) is 0.670. The van der Waals surface area contributed by atoms with Gasteiger partial charge in [0, 0.05) is 33.5 Å². The summed E-state index contributed by atoms with van der Waals surface area (Å²) in [4.78, 5) is 31.2. The fraction of sp³-hybridized carbons (Fsp3) is 0.389. The summed E-state index contributed by atoms with van der Waals surface area (Å²) in [5.74, 6) is 0.149. The van der Waals surface area contributed by atoms with Crippen molar-refractivity contribution in [3.8, 4) is 0 Å². The molecule has 0 spiro atoms. The standard InChI is InChI=1S/C18H22N6O2S/c1-4-7-15-21-22-18(27-15)20-14(25)10-11-24-13-9-6-5-8-12(13)19-16(17(24)26)23(2)3/h5-6,8-9H,4,7,10-11H2,1-3H3,(H,20,22,25). The van der Waals surface area contributed by atoms with E-state index < -0.39 is 0 Å². The molecule has 3 aromatic rings. The Balaban J connectivity index is 1.78. The summed E-state index contributed by atoms with van der Waals surface area (Å²) in [7, 11) is 3.55. The minimum atomic E-state index is -0.215. The molecule has 9 heteroatoms. The molecule has 1 N–H and O–H groups in total. The van der Waals surface area contributed by atoms with E-state index in [-0.39, 0.29) is 24.4 Å². The monoisotopic (exact) mass is 386 g/mol. The van der Waals surface area contributed by atoms with Crippen molar-refractivity contribution in [2.24, 2.45) is 0 Å². The lowest BCUT2D eigenvalue weighted by molar-refractivity contribution is -0.116. The van der Waals surface area contributed by atoms with Crippen LogP contribution in [0, 0.1) is 0 Å². The smallest absolute Gasteiger partial charge is 0.293 e. The van der Waals surface area contributed by atoms with Crippen LogP contribution >= 0.6 is 11.3 Å². The summed E-state index contributed by atoms with van der Waals surface area (Å²) in [5, 5.41) is 12.2. The number of nitrogens with zero attached hydrogens (tertiary/aromatic N) is 5. The SMILES string of the molecule is CCCc1nnc(NC(=O)CCn2c(=O)c(N(C)C)nc3ccccc32)s1. The van der Waals surface area contributed by atoms with Gasteiger partial charge in [0.2, 0.25) is 11.0 Å². The van der Waals surface area contributed by atoms with Gasteiger partial charge in [0.1, 0.15) is 5.01 Å². The van der Waals surface area contributed by atoms with E-state index in [2.05, 4.69) is 27.4 Å². The third-order valence-electron chi connectivity index (χ3n) is 4.00.